The molecule has 4 heterocycles. The summed E-state index contributed by atoms with van der Waals surface area (Å²) >= 11 is 3.41. The topological polar surface area (TPSA) is 48.9 Å². The van der Waals surface area contributed by atoms with Crippen molar-refractivity contribution in [3.63, 3.8) is 0 Å². The van der Waals surface area contributed by atoms with E-state index in [-0.39, 0.29) is 17.4 Å². The number of hydrogen-bond donors (Lipinski definition) is 0. The van der Waals surface area contributed by atoms with Gasteiger partial charge in [-0.05, 0) is 22.4 Å². The van der Waals surface area contributed by atoms with Crippen molar-refractivity contribution in [2.45, 2.75) is 38.8 Å². The zero-order chi connectivity index (χ0) is 21.1. The lowest BCUT2D eigenvalue weighted by atomic mass is 9.93. The Hall–Kier alpha value is -1.32. The SMILES string of the molecule is CC(C)(C)c1csc(C2CN(CC(=O)N3CCN(Cc4ccsc4)CC3)CCO2)n1. The Labute approximate surface area is 187 Å². The molecule has 0 bridgehead atoms. The van der Waals surface area contributed by atoms with Gasteiger partial charge in [-0.2, -0.15) is 11.3 Å². The van der Waals surface area contributed by atoms with Crippen molar-refractivity contribution in [2.75, 3.05) is 52.4 Å². The third-order valence-corrected chi connectivity index (χ3v) is 7.46. The smallest absolute Gasteiger partial charge is 0.236 e. The number of piperazine rings is 1. The molecular weight excluding hydrogens is 416 g/mol. The van der Waals surface area contributed by atoms with Gasteiger partial charge < -0.3 is 9.64 Å². The molecular formula is C22H32N4O2S2. The Balaban J connectivity index is 1.26. The van der Waals surface area contributed by atoms with Gasteiger partial charge >= 0.3 is 0 Å². The number of aromatic nitrogens is 1. The van der Waals surface area contributed by atoms with E-state index in [0.717, 1.165) is 56.5 Å². The van der Waals surface area contributed by atoms with Crippen molar-refractivity contribution >= 4 is 28.6 Å². The first-order chi connectivity index (χ1) is 14.4. The number of thiophene rings is 1. The van der Waals surface area contributed by atoms with Crippen LogP contribution in [0.25, 0.3) is 0 Å². The van der Waals surface area contributed by atoms with Gasteiger partial charge in [0.15, 0.2) is 0 Å². The van der Waals surface area contributed by atoms with Gasteiger partial charge in [-0.3, -0.25) is 14.6 Å². The summed E-state index contributed by atoms with van der Waals surface area (Å²) in [5.74, 6) is 0.236. The maximum atomic E-state index is 12.9. The molecule has 0 N–H and O–H groups in total. The van der Waals surface area contributed by atoms with Gasteiger partial charge in [0.05, 0.1) is 18.8 Å². The van der Waals surface area contributed by atoms with Crippen LogP contribution in [0.15, 0.2) is 22.2 Å². The molecule has 2 aliphatic rings. The minimum absolute atomic E-state index is 0.0323. The molecule has 164 valence electrons. The van der Waals surface area contributed by atoms with Gasteiger partial charge in [0, 0.05) is 56.6 Å². The molecule has 1 atom stereocenters. The first kappa shape index (κ1) is 21.9. The van der Waals surface area contributed by atoms with Crippen LogP contribution >= 0.6 is 22.7 Å². The second kappa shape index (κ2) is 9.44. The summed E-state index contributed by atoms with van der Waals surface area (Å²) in [5.41, 5.74) is 2.53. The molecule has 0 aliphatic carbocycles. The largest absolute Gasteiger partial charge is 0.368 e. The summed E-state index contributed by atoms with van der Waals surface area (Å²) in [7, 11) is 0. The van der Waals surface area contributed by atoms with Crippen LogP contribution in [0.2, 0.25) is 0 Å². The molecule has 0 saturated carbocycles. The van der Waals surface area contributed by atoms with Crippen LogP contribution in [0.3, 0.4) is 0 Å². The number of carbonyl (C=O) groups is 1. The average molecular weight is 449 g/mol. The van der Waals surface area contributed by atoms with Crippen molar-refractivity contribution in [3.8, 4) is 0 Å². The number of rotatable bonds is 5. The molecule has 8 heteroatoms. The molecule has 2 fully saturated rings. The minimum Gasteiger partial charge on any atom is -0.368 e. The van der Waals surface area contributed by atoms with Gasteiger partial charge in [-0.1, -0.05) is 20.8 Å². The Kier molecular flexibility index (Phi) is 6.89. The lowest BCUT2D eigenvalue weighted by molar-refractivity contribution is -0.136. The van der Waals surface area contributed by atoms with E-state index in [0.29, 0.717) is 13.2 Å². The number of ether oxygens (including phenoxy) is 1. The monoisotopic (exact) mass is 448 g/mol. The van der Waals surface area contributed by atoms with E-state index in [9.17, 15) is 4.79 Å². The highest BCUT2D eigenvalue weighted by Gasteiger charge is 2.29. The Morgan fingerprint density at radius 3 is 2.63 bits per heavy atom. The third kappa shape index (κ3) is 5.48. The zero-order valence-corrected chi connectivity index (χ0v) is 19.8. The lowest BCUT2D eigenvalue weighted by Gasteiger charge is -2.37. The van der Waals surface area contributed by atoms with Crippen molar-refractivity contribution < 1.29 is 9.53 Å². The highest BCUT2D eigenvalue weighted by atomic mass is 32.1. The number of nitrogens with zero attached hydrogens (tertiary/aromatic N) is 4. The van der Waals surface area contributed by atoms with Crippen molar-refractivity contribution in [1.82, 2.24) is 19.7 Å². The standard InChI is InChI=1S/C22H32N4O2S2/c1-22(2,3)19-16-30-21(23-19)18-13-25(9-10-28-18)14-20(27)26-7-5-24(6-8-26)12-17-4-11-29-15-17/h4,11,15-16,18H,5-10,12-14H2,1-3H3. The molecule has 0 spiro atoms. The molecule has 0 aromatic carbocycles. The molecule has 30 heavy (non-hydrogen) atoms. The van der Waals surface area contributed by atoms with E-state index in [1.807, 2.05) is 4.90 Å². The maximum Gasteiger partial charge on any atom is 0.236 e. The summed E-state index contributed by atoms with van der Waals surface area (Å²) in [6.07, 6.45) is -0.0323. The van der Waals surface area contributed by atoms with Gasteiger partial charge in [0.2, 0.25) is 5.91 Å². The molecule has 6 nitrogen and oxygen atoms in total. The summed E-state index contributed by atoms with van der Waals surface area (Å²) in [4.78, 5) is 24.4. The Bertz CT molecular complexity index is 823. The summed E-state index contributed by atoms with van der Waals surface area (Å²) in [6.45, 7) is 13.7. The Morgan fingerprint density at radius 2 is 1.97 bits per heavy atom. The maximum absolute atomic E-state index is 12.9. The molecule has 2 aromatic heterocycles. The second-order valence-electron chi connectivity index (χ2n) is 9.20. The van der Waals surface area contributed by atoms with Crippen LogP contribution in [-0.2, 0) is 21.5 Å². The van der Waals surface area contributed by atoms with Crippen LogP contribution in [0.1, 0.15) is 43.1 Å². The highest BCUT2D eigenvalue weighted by Crippen LogP contribution is 2.30. The van der Waals surface area contributed by atoms with Crippen LogP contribution in [0, 0.1) is 0 Å². The highest BCUT2D eigenvalue weighted by molar-refractivity contribution is 7.09. The van der Waals surface area contributed by atoms with Crippen molar-refractivity contribution in [2.24, 2.45) is 0 Å². The molecule has 2 aromatic rings. The van der Waals surface area contributed by atoms with E-state index in [1.54, 1.807) is 22.7 Å². The molecule has 1 unspecified atom stereocenters. The van der Waals surface area contributed by atoms with Crippen LogP contribution in [0.5, 0.6) is 0 Å². The number of carbonyl (C=O) groups excluding carboxylic acids is 1. The summed E-state index contributed by atoms with van der Waals surface area (Å²) < 4.78 is 5.99. The first-order valence-electron chi connectivity index (χ1n) is 10.7. The van der Waals surface area contributed by atoms with E-state index >= 15 is 0 Å². The van der Waals surface area contributed by atoms with Crippen molar-refractivity contribution in [3.05, 3.63) is 38.5 Å². The second-order valence-corrected chi connectivity index (χ2v) is 10.9. The Morgan fingerprint density at radius 1 is 1.17 bits per heavy atom. The zero-order valence-electron chi connectivity index (χ0n) is 18.2. The number of amides is 1. The molecule has 1 amide bonds. The fraction of sp³-hybridized carbons (Fsp3) is 0.636. The first-order valence-corrected chi connectivity index (χ1v) is 12.5. The molecule has 4 rings (SSSR count). The van der Waals surface area contributed by atoms with Crippen molar-refractivity contribution in [1.29, 1.82) is 0 Å². The average Bonchev–Trinajstić information content (AvgIpc) is 3.41. The number of hydrogen-bond acceptors (Lipinski definition) is 7. The van der Waals surface area contributed by atoms with Crippen LogP contribution in [-0.4, -0.2) is 78.0 Å². The predicted octanol–water partition coefficient (Wildman–Crippen LogP) is 3.22. The van der Waals surface area contributed by atoms with E-state index < -0.39 is 0 Å². The normalized spacial score (nSPS) is 21.8. The molecule has 2 saturated heterocycles. The predicted molar refractivity (Wildman–Crippen MR) is 122 cm³/mol. The quantitative estimate of drug-likeness (QED) is 0.703. The van der Waals surface area contributed by atoms with Gasteiger partial charge in [0.25, 0.3) is 0 Å². The van der Waals surface area contributed by atoms with E-state index in [4.69, 9.17) is 9.72 Å². The fourth-order valence-electron chi connectivity index (χ4n) is 3.86. The third-order valence-electron chi connectivity index (χ3n) is 5.79. The van der Waals surface area contributed by atoms with Gasteiger partial charge in [-0.15, -0.1) is 11.3 Å². The van der Waals surface area contributed by atoms with Crippen LogP contribution < -0.4 is 0 Å². The fourth-order valence-corrected chi connectivity index (χ4v) is 5.61. The number of thiazole rings is 1. The number of morpholine rings is 1. The molecule has 2 aliphatic heterocycles. The minimum atomic E-state index is -0.0323. The van der Waals surface area contributed by atoms with Gasteiger partial charge in [-0.25, -0.2) is 4.98 Å². The summed E-state index contributed by atoms with van der Waals surface area (Å²) in [5, 5.41) is 7.50. The lowest BCUT2D eigenvalue weighted by Crippen LogP contribution is -2.52. The van der Waals surface area contributed by atoms with Gasteiger partial charge in [0.1, 0.15) is 11.1 Å². The van der Waals surface area contributed by atoms with Crippen LogP contribution in [0.4, 0.5) is 0 Å². The van der Waals surface area contributed by atoms with E-state index in [1.165, 1.54) is 5.56 Å². The van der Waals surface area contributed by atoms with E-state index in [2.05, 4.69) is 52.8 Å². The summed E-state index contributed by atoms with van der Waals surface area (Å²) in [6, 6.07) is 2.18. The molecule has 0 radical (unpaired) electrons.